The standard InChI is InChI=1S/C16H21Cl2N3O2/c1-10(11-6-12(17)8-13(18)7-11)21-16(2,3)14(19)9-20-5-4-15(22)23/h6-9,20-21H,1,4-5,19H2,2-3H3,(H,22,23)/b14-9-. The van der Waals surface area contributed by atoms with Gasteiger partial charge in [0.1, 0.15) is 0 Å². The van der Waals surface area contributed by atoms with Gasteiger partial charge in [0.15, 0.2) is 0 Å². The third-order valence-electron chi connectivity index (χ3n) is 3.14. The van der Waals surface area contributed by atoms with Gasteiger partial charge in [0.25, 0.3) is 0 Å². The SMILES string of the molecule is C=C(NC(C)(C)/C(N)=C/NCCC(=O)O)c1cc(Cl)cc(Cl)c1. The number of rotatable bonds is 8. The van der Waals surface area contributed by atoms with Crippen molar-refractivity contribution >= 4 is 34.9 Å². The molecule has 0 saturated carbocycles. The van der Waals surface area contributed by atoms with E-state index < -0.39 is 11.5 Å². The predicted octanol–water partition coefficient (Wildman–Crippen LogP) is 3.20. The fourth-order valence-electron chi connectivity index (χ4n) is 1.79. The average Bonchev–Trinajstić information content (AvgIpc) is 2.41. The van der Waals surface area contributed by atoms with Crippen LogP contribution in [0, 0.1) is 0 Å². The van der Waals surface area contributed by atoms with Crippen LogP contribution < -0.4 is 16.4 Å². The van der Waals surface area contributed by atoms with Crippen LogP contribution >= 0.6 is 23.2 Å². The molecule has 1 aromatic rings. The van der Waals surface area contributed by atoms with Gasteiger partial charge in [-0.25, -0.2) is 0 Å². The molecule has 0 radical (unpaired) electrons. The zero-order valence-electron chi connectivity index (χ0n) is 13.1. The van der Waals surface area contributed by atoms with Crippen molar-refractivity contribution in [2.24, 2.45) is 5.73 Å². The number of carboxylic acids is 1. The summed E-state index contributed by atoms with van der Waals surface area (Å²) >= 11 is 12.0. The molecule has 0 atom stereocenters. The highest BCUT2D eigenvalue weighted by atomic mass is 35.5. The van der Waals surface area contributed by atoms with Crippen molar-refractivity contribution < 1.29 is 9.90 Å². The Morgan fingerprint density at radius 1 is 1.35 bits per heavy atom. The van der Waals surface area contributed by atoms with Crippen molar-refractivity contribution in [2.45, 2.75) is 25.8 Å². The van der Waals surface area contributed by atoms with Crippen molar-refractivity contribution in [2.75, 3.05) is 6.54 Å². The van der Waals surface area contributed by atoms with Crippen molar-refractivity contribution in [1.82, 2.24) is 10.6 Å². The van der Waals surface area contributed by atoms with Crippen molar-refractivity contribution in [3.8, 4) is 0 Å². The maximum absolute atomic E-state index is 10.5. The van der Waals surface area contributed by atoms with Gasteiger partial charge in [-0.05, 0) is 37.6 Å². The van der Waals surface area contributed by atoms with Crippen LogP contribution in [0.5, 0.6) is 0 Å². The minimum Gasteiger partial charge on any atom is -0.481 e. The van der Waals surface area contributed by atoms with Crippen molar-refractivity contribution in [3.63, 3.8) is 0 Å². The smallest absolute Gasteiger partial charge is 0.305 e. The molecule has 5 nitrogen and oxygen atoms in total. The van der Waals surface area contributed by atoms with E-state index in [-0.39, 0.29) is 6.42 Å². The van der Waals surface area contributed by atoms with E-state index in [9.17, 15) is 4.79 Å². The molecule has 0 aliphatic heterocycles. The van der Waals surface area contributed by atoms with Crippen LogP contribution in [-0.2, 0) is 4.79 Å². The first-order valence-corrected chi connectivity index (χ1v) is 7.72. The van der Waals surface area contributed by atoms with Crippen LogP contribution in [0.2, 0.25) is 10.0 Å². The Balaban J connectivity index is 2.74. The number of benzene rings is 1. The van der Waals surface area contributed by atoms with Gasteiger partial charge in [0.05, 0.1) is 12.0 Å². The molecule has 23 heavy (non-hydrogen) atoms. The van der Waals surface area contributed by atoms with E-state index in [1.807, 2.05) is 13.8 Å². The number of nitrogens with one attached hydrogen (secondary N) is 2. The summed E-state index contributed by atoms with van der Waals surface area (Å²) in [5.41, 5.74) is 7.36. The topological polar surface area (TPSA) is 87.4 Å². The average molecular weight is 358 g/mol. The number of nitrogens with two attached hydrogens (primary N) is 1. The molecular formula is C16H21Cl2N3O2. The molecule has 0 aliphatic carbocycles. The summed E-state index contributed by atoms with van der Waals surface area (Å²) in [6.45, 7) is 8.06. The Kier molecular flexibility index (Phi) is 6.79. The second-order valence-electron chi connectivity index (χ2n) is 5.58. The fraction of sp³-hybridized carbons (Fsp3) is 0.312. The number of halogens is 2. The van der Waals surface area contributed by atoms with E-state index in [4.69, 9.17) is 34.0 Å². The number of carbonyl (C=O) groups is 1. The highest BCUT2D eigenvalue weighted by Crippen LogP contribution is 2.24. The lowest BCUT2D eigenvalue weighted by Gasteiger charge is -2.29. The monoisotopic (exact) mass is 357 g/mol. The van der Waals surface area contributed by atoms with Crippen LogP contribution in [-0.4, -0.2) is 23.2 Å². The van der Waals surface area contributed by atoms with Gasteiger partial charge in [-0.15, -0.1) is 0 Å². The van der Waals surface area contributed by atoms with Gasteiger partial charge in [0.2, 0.25) is 0 Å². The van der Waals surface area contributed by atoms with Crippen LogP contribution in [0.1, 0.15) is 25.8 Å². The third kappa shape index (κ3) is 6.42. The Hall–Kier alpha value is -1.85. The molecular weight excluding hydrogens is 337 g/mol. The highest BCUT2D eigenvalue weighted by Gasteiger charge is 2.22. The van der Waals surface area contributed by atoms with Gasteiger partial charge in [-0.3, -0.25) is 4.79 Å². The molecule has 7 heteroatoms. The first kappa shape index (κ1) is 19.2. The Morgan fingerprint density at radius 2 is 1.91 bits per heavy atom. The molecule has 1 rings (SSSR count). The largest absolute Gasteiger partial charge is 0.481 e. The Labute approximate surface area is 146 Å². The van der Waals surface area contributed by atoms with E-state index in [0.717, 1.165) is 5.56 Å². The molecule has 0 unspecified atom stereocenters. The van der Waals surface area contributed by atoms with Crippen LogP contribution in [0.15, 0.2) is 36.7 Å². The highest BCUT2D eigenvalue weighted by molar-refractivity contribution is 6.34. The lowest BCUT2D eigenvalue weighted by Crippen LogP contribution is -2.43. The van der Waals surface area contributed by atoms with E-state index in [2.05, 4.69) is 17.2 Å². The van der Waals surface area contributed by atoms with Crippen LogP contribution in [0.25, 0.3) is 5.70 Å². The maximum Gasteiger partial charge on any atom is 0.305 e. The second kappa shape index (κ2) is 8.13. The summed E-state index contributed by atoms with van der Waals surface area (Å²) < 4.78 is 0. The van der Waals surface area contributed by atoms with Gasteiger partial charge < -0.3 is 21.5 Å². The van der Waals surface area contributed by atoms with E-state index in [1.54, 1.807) is 24.4 Å². The Morgan fingerprint density at radius 3 is 2.43 bits per heavy atom. The number of aliphatic carboxylic acids is 1. The fourth-order valence-corrected chi connectivity index (χ4v) is 2.32. The predicted molar refractivity (Wildman–Crippen MR) is 95.2 cm³/mol. The minimum atomic E-state index is -0.868. The summed E-state index contributed by atoms with van der Waals surface area (Å²) in [5, 5.41) is 15.7. The van der Waals surface area contributed by atoms with E-state index in [1.165, 1.54) is 0 Å². The molecule has 0 bridgehead atoms. The first-order valence-electron chi connectivity index (χ1n) is 6.96. The Bertz CT molecular complexity index is 608. The maximum atomic E-state index is 10.5. The zero-order valence-corrected chi connectivity index (χ0v) is 14.6. The summed E-state index contributed by atoms with van der Waals surface area (Å²) in [7, 11) is 0. The van der Waals surface area contributed by atoms with Crippen molar-refractivity contribution in [1.29, 1.82) is 0 Å². The number of carboxylic acid groups (broad SMARTS) is 1. The molecule has 5 N–H and O–H groups in total. The normalized spacial score (nSPS) is 11.9. The molecule has 0 fully saturated rings. The van der Waals surface area contributed by atoms with Crippen LogP contribution in [0.4, 0.5) is 0 Å². The molecule has 0 heterocycles. The number of hydrogen-bond acceptors (Lipinski definition) is 4. The van der Waals surface area contributed by atoms with Gasteiger partial charge in [0, 0.05) is 34.2 Å². The summed E-state index contributed by atoms with van der Waals surface area (Å²) in [5.74, 6) is -0.868. The molecule has 0 amide bonds. The second-order valence-corrected chi connectivity index (χ2v) is 6.46. The third-order valence-corrected chi connectivity index (χ3v) is 3.57. The van der Waals surface area contributed by atoms with Gasteiger partial charge in [-0.1, -0.05) is 29.8 Å². The lowest BCUT2D eigenvalue weighted by atomic mass is 10.00. The first-order chi connectivity index (χ1) is 10.6. The molecule has 0 aromatic heterocycles. The molecule has 126 valence electrons. The van der Waals surface area contributed by atoms with Gasteiger partial charge in [-0.2, -0.15) is 0 Å². The summed E-state index contributed by atoms with van der Waals surface area (Å²) in [6, 6.07) is 5.15. The summed E-state index contributed by atoms with van der Waals surface area (Å²) in [4.78, 5) is 10.5. The van der Waals surface area contributed by atoms with Gasteiger partial charge >= 0.3 is 5.97 Å². The van der Waals surface area contributed by atoms with Crippen molar-refractivity contribution in [3.05, 3.63) is 52.3 Å². The quantitative estimate of drug-likeness (QED) is 0.536. The lowest BCUT2D eigenvalue weighted by molar-refractivity contribution is -0.136. The van der Waals surface area contributed by atoms with Crippen LogP contribution in [0.3, 0.4) is 0 Å². The molecule has 0 spiro atoms. The number of hydrogen-bond donors (Lipinski definition) is 4. The minimum absolute atomic E-state index is 0.0192. The van der Waals surface area contributed by atoms with E-state index in [0.29, 0.717) is 28.0 Å². The molecule has 0 aliphatic rings. The molecule has 0 saturated heterocycles. The zero-order chi connectivity index (χ0) is 17.6. The summed E-state index contributed by atoms with van der Waals surface area (Å²) in [6.07, 6.45) is 1.61. The molecule has 1 aromatic carbocycles. The van der Waals surface area contributed by atoms with E-state index >= 15 is 0 Å².